The third-order valence-corrected chi connectivity index (χ3v) is 1.66. The molecule has 1 aliphatic rings. The summed E-state index contributed by atoms with van der Waals surface area (Å²) in [4.78, 5) is 0. The minimum absolute atomic E-state index is 0.0153. The summed E-state index contributed by atoms with van der Waals surface area (Å²) in [6.45, 7) is 1.82. The maximum Gasteiger partial charge on any atom is 0.0836 e. The van der Waals surface area contributed by atoms with Gasteiger partial charge in [-0.25, -0.2) is 0 Å². The summed E-state index contributed by atoms with van der Waals surface area (Å²) in [6, 6.07) is 0. The van der Waals surface area contributed by atoms with Gasteiger partial charge in [0.1, 0.15) is 0 Å². The van der Waals surface area contributed by atoms with Gasteiger partial charge in [0.15, 0.2) is 0 Å². The van der Waals surface area contributed by atoms with Crippen molar-refractivity contribution in [2.45, 2.75) is 31.7 Å². The Morgan fingerprint density at radius 2 is 2.33 bits per heavy atom. The minimum Gasteiger partial charge on any atom is -0.394 e. The van der Waals surface area contributed by atoms with Gasteiger partial charge in [0, 0.05) is 6.42 Å². The van der Waals surface area contributed by atoms with E-state index in [4.69, 9.17) is 14.9 Å². The van der Waals surface area contributed by atoms with Crippen molar-refractivity contribution < 1.29 is 14.9 Å². The molecule has 1 saturated heterocycles. The average Bonchev–Trinajstić information content (AvgIpc) is 2.13. The van der Waals surface area contributed by atoms with Crippen LogP contribution >= 0.6 is 0 Å². The zero-order valence-corrected chi connectivity index (χ0v) is 5.45. The van der Waals surface area contributed by atoms with Crippen LogP contribution in [0.5, 0.6) is 0 Å². The van der Waals surface area contributed by atoms with Gasteiger partial charge in [-0.15, -0.1) is 0 Å². The molecule has 1 rings (SSSR count). The first-order valence-electron chi connectivity index (χ1n) is 3.18. The van der Waals surface area contributed by atoms with Crippen molar-refractivity contribution >= 4 is 0 Å². The fourth-order valence-electron chi connectivity index (χ4n) is 1.03. The van der Waals surface area contributed by atoms with E-state index in [0.717, 1.165) is 0 Å². The molecule has 1 unspecified atom stereocenters. The van der Waals surface area contributed by atoms with Crippen molar-refractivity contribution in [3.8, 4) is 0 Å². The summed E-state index contributed by atoms with van der Waals surface area (Å²) in [5.41, 5.74) is 0. The largest absolute Gasteiger partial charge is 0.394 e. The Morgan fingerprint density at radius 3 is 2.56 bits per heavy atom. The molecule has 3 heteroatoms. The maximum atomic E-state index is 9.06. The van der Waals surface area contributed by atoms with Gasteiger partial charge >= 0.3 is 0 Å². The Hall–Kier alpha value is -0.120. The number of aliphatic hydroxyl groups excluding tert-OH is 2. The maximum absolute atomic E-state index is 9.06. The molecular weight excluding hydrogens is 120 g/mol. The van der Waals surface area contributed by atoms with Crippen LogP contribution in [0.2, 0.25) is 0 Å². The first-order chi connectivity index (χ1) is 4.24. The summed E-state index contributed by atoms with van der Waals surface area (Å²) >= 11 is 0. The van der Waals surface area contributed by atoms with Crippen molar-refractivity contribution in [2.75, 3.05) is 6.61 Å². The van der Waals surface area contributed by atoms with E-state index in [1.54, 1.807) is 6.92 Å². The molecule has 54 valence electrons. The molecule has 9 heavy (non-hydrogen) atoms. The highest BCUT2D eigenvalue weighted by Crippen LogP contribution is 2.18. The molecule has 0 saturated carbocycles. The van der Waals surface area contributed by atoms with Crippen LogP contribution in [-0.2, 0) is 4.74 Å². The van der Waals surface area contributed by atoms with E-state index in [0.29, 0.717) is 6.42 Å². The number of hydrogen-bond donors (Lipinski definition) is 2. The van der Waals surface area contributed by atoms with Crippen LogP contribution in [0.25, 0.3) is 0 Å². The fourth-order valence-corrected chi connectivity index (χ4v) is 1.03. The van der Waals surface area contributed by atoms with Gasteiger partial charge in [-0.3, -0.25) is 0 Å². The normalized spacial score (nSPS) is 43.7. The lowest BCUT2D eigenvalue weighted by atomic mass is 10.2. The van der Waals surface area contributed by atoms with E-state index in [1.165, 1.54) is 0 Å². The Labute approximate surface area is 54.3 Å². The molecule has 1 heterocycles. The molecule has 0 aliphatic carbocycles. The van der Waals surface area contributed by atoms with Crippen LogP contribution < -0.4 is 0 Å². The molecule has 0 radical (unpaired) electrons. The van der Waals surface area contributed by atoms with E-state index in [9.17, 15) is 0 Å². The molecule has 3 atom stereocenters. The van der Waals surface area contributed by atoms with Gasteiger partial charge in [0.2, 0.25) is 0 Å². The summed E-state index contributed by atoms with van der Waals surface area (Å²) < 4.78 is 5.12. The second-order valence-electron chi connectivity index (χ2n) is 2.45. The minimum atomic E-state index is -0.387. The SMILES string of the molecule is C[C@@H]1O[C@@H](CO)CC1O. The Balaban J connectivity index is 2.35. The van der Waals surface area contributed by atoms with Crippen LogP contribution in [0.4, 0.5) is 0 Å². The van der Waals surface area contributed by atoms with Crippen molar-refractivity contribution in [3.63, 3.8) is 0 Å². The van der Waals surface area contributed by atoms with Gasteiger partial charge in [-0.1, -0.05) is 0 Å². The Bertz CT molecular complexity index is 84.3. The van der Waals surface area contributed by atoms with Crippen LogP contribution in [-0.4, -0.2) is 35.1 Å². The Kier molecular flexibility index (Phi) is 2.05. The van der Waals surface area contributed by atoms with Crippen LogP contribution in [0.3, 0.4) is 0 Å². The lowest BCUT2D eigenvalue weighted by Gasteiger charge is -2.05. The third-order valence-electron chi connectivity index (χ3n) is 1.66. The van der Waals surface area contributed by atoms with Crippen molar-refractivity contribution in [1.29, 1.82) is 0 Å². The summed E-state index contributed by atoms with van der Waals surface area (Å²) in [5.74, 6) is 0. The van der Waals surface area contributed by atoms with Crippen molar-refractivity contribution in [3.05, 3.63) is 0 Å². The van der Waals surface area contributed by atoms with Crippen LogP contribution in [0.15, 0.2) is 0 Å². The molecule has 0 aromatic carbocycles. The molecule has 2 N–H and O–H groups in total. The summed E-state index contributed by atoms with van der Waals surface area (Å²) in [5, 5.41) is 17.6. The fraction of sp³-hybridized carbons (Fsp3) is 1.00. The Morgan fingerprint density at radius 1 is 1.67 bits per heavy atom. The van der Waals surface area contributed by atoms with Gasteiger partial charge in [0.25, 0.3) is 0 Å². The summed E-state index contributed by atoms with van der Waals surface area (Å²) in [6.07, 6.45) is -0.0724. The van der Waals surface area contributed by atoms with Crippen molar-refractivity contribution in [1.82, 2.24) is 0 Å². The standard InChI is InChI=1S/C6H12O3/c1-4-6(8)2-5(3-7)9-4/h4-8H,2-3H2,1H3/t4-,5+,6?/m0/s1. The van der Waals surface area contributed by atoms with E-state index >= 15 is 0 Å². The van der Waals surface area contributed by atoms with Gasteiger partial charge in [-0.05, 0) is 6.92 Å². The quantitative estimate of drug-likeness (QED) is 0.506. The second kappa shape index (κ2) is 2.64. The van der Waals surface area contributed by atoms with Gasteiger partial charge in [-0.2, -0.15) is 0 Å². The molecule has 0 bridgehead atoms. The predicted molar refractivity (Wildman–Crippen MR) is 32.0 cm³/mol. The number of hydrogen-bond acceptors (Lipinski definition) is 3. The zero-order valence-electron chi connectivity index (χ0n) is 5.45. The van der Waals surface area contributed by atoms with E-state index < -0.39 is 0 Å². The lowest BCUT2D eigenvalue weighted by molar-refractivity contribution is 0.000607. The third kappa shape index (κ3) is 1.41. The molecular formula is C6H12O3. The van der Waals surface area contributed by atoms with Gasteiger partial charge in [0.05, 0.1) is 24.9 Å². The highest BCUT2D eigenvalue weighted by molar-refractivity contribution is 4.77. The second-order valence-corrected chi connectivity index (χ2v) is 2.45. The van der Waals surface area contributed by atoms with Crippen molar-refractivity contribution in [2.24, 2.45) is 0 Å². The number of rotatable bonds is 1. The van der Waals surface area contributed by atoms with E-state index in [-0.39, 0.29) is 24.9 Å². The topological polar surface area (TPSA) is 49.7 Å². The van der Waals surface area contributed by atoms with Gasteiger partial charge < -0.3 is 14.9 Å². The highest BCUT2D eigenvalue weighted by atomic mass is 16.5. The lowest BCUT2D eigenvalue weighted by Crippen LogP contribution is -2.15. The molecule has 1 aliphatic heterocycles. The monoisotopic (exact) mass is 132 g/mol. The zero-order chi connectivity index (χ0) is 6.85. The average molecular weight is 132 g/mol. The molecule has 0 amide bonds. The molecule has 0 spiro atoms. The molecule has 0 aromatic heterocycles. The first-order valence-corrected chi connectivity index (χ1v) is 3.18. The summed E-state index contributed by atoms with van der Waals surface area (Å²) in [7, 11) is 0. The molecule has 0 aromatic rings. The molecule has 3 nitrogen and oxygen atoms in total. The van der Waals surface area contributed by atoms with E-state index in [2.05, 4.69) is 0 Å². The van der Waals surface area contributed by atoms with Crippen LogP contribution in [0, 0.1) is 0 Å². The number of aliphatic hydroxyl groups is 2. The number of ether oxygens (including phenoxy) is 1. The van der Waals surface area contributed by atoms with E-state index in [1.807, 2.05) is 0 Å². The smallest absolute Gasteiger partial charge is 0.0836 e. The molecule has 1 fully saturated rings. The first kappa shape index (κ1) is 6.99. The predicted octanol–water partition coefficient (Wildman–Crippen LogP) is -0.483. The van der Waals surface area contributed by atoms with Crippen LogP contribution in [0.1, 0.15) is 13.3 Å². The highest BCUT2D eigenvalue weighted by Gasteiger charge is 2.29.